The molecule has 0 aliphatic carbocycles. The number of nitrogens with two attached hydrogens (primary N) is 1. The molecule has 5 heterocycles. The summed E-state index contributed by atoms with van der Waals surface area (Å²) in [6.07, 6.45) is 3.58. The number of H-pyrrole nitrogens is 1. The van der Waals surface area contributed by atoms with Crippen LogP contribution in [0.3, 0.4) is 0 Å². The number of nitrogens with one attached hydrogen (secondary N) is 3. The number of amides is 2. The molecule has 5 N–H and O–H groups in total. The van der Waals surface area contributed by atoms with E-state index < -0.39 is 22.2 Å². The van der Waals surface area contributed by atoms with E-state index in [9.17, 15) is 18.0 Å². The molecule has 1 atom stereocenters. The molecular weight excluding hydrogens is 596 g/mol. The van der Waals surface area contributed by atoms with Gasteiger partial charge in [-0.2, -0.15) is 17.9 Å². The van der Waals surface area contributed by atoms with Gasteiger partial charge in [0.15, 0.2) is 10.8 Å². The second-order valence-corrected chi connectivity index (χ2v) is 13.5. The normalized spacial score (nSPS) is 18.1. The highest BCUT2D eigenvalue weighted by atomic mass is 32.2. The van der Waals surface area contributed by atoms with Crippen molar-refractivity contribution < 1.29 is 18.0 Å². The van der Waals surface area contributed by atoms with Gasteiger partial charge in [-0.1, -0.05) is 17.3 Å². The number of carbonyl (C=O) groups excluding carboxylic acids is 2. The van der Waals surface area contributed by atoms with Crippen molar-refractivity contribution in [3.8, 4) is 0 Å². The zero-order valence-electron chi connectivity index (χ0n) is 23.2. The van der Waals surface area contributed by atoms with E-state index in [0.29, 0.717) is 33.7 Å². The van der Waals surface area contributed by atoms with Crippen LogP contribution >= 0.6 is 11.3 Å². The van der Waals surface area contributed by atoms with Crippen LogP contribution in [0.2, 0.25) is 0 Å². The summed E-state index contributed by atoms with van der Waals surface area (Å²) < 4.78 is 29.9. The van der Waals surface area contributed by atoms with Gasteiger partial charge in [-0.15, -0.1) is 21.5 Å². The molecule has 0 saturated carbocycles. The average Bonchev–Trinajstić information content (AvgIpc) is 3.75. The number of aromatic nitrogens is 6. The molecule has 1 unspecified atom stereocenters. The summed E-state index contributed by atoms with van der Waals surface area (Å²) in [5.74, 6) is -0.541. The average molecular weight is 627 g/mol. The molecule has 2 aliphatic rings. The Morgan fingerprint density at radius 1 is 1.21 bits per heavy atom. The molecule has 1 aromatic carbocycles. The number of tetrazole rings is 1. The van der Waals surface area contributed by atoms with Gasteiger partial charge in [-0.05, 0) is 13.1 Å². The molecule has 3 aromatic heterocycles. The lowest BCUT2D eigenvalue weighted by atomic mass is 10.1. The summed E-state index contributed by atoms with van der Waals surface area (Å²) in [5.41, 5.74) is 7.00. The number of benzene rings is 1. The lowest BCUT2D eigenvalue weighted by molar-refractivity contribution is -0.122. The number of nitrogens with zero attached hydrogens (tertiary/aromatic N) is 8. The minimum atomic E-state index is -4.05. The summed E-state index contributed by atoms with van der Waals surface area (Å²) in [6.45, 7) is 1.63. The Morgan fingerprint density at radius 3 is 2.79 bits per heavy atom. The maximum atomic E-state index is 13.8. The van der Waals surface area contributed by atoms with Crippen LogP contribution in [0.4, 0.5) is 0 Å². The first kappa shape index (κ1) is 28.8. The number of likely N-dealkylation sites (N-methyl/N-ethyl adjacent to an activating group) is 1. The Hall–Kier alpha value is -4.26. The number of amidine groups is 1. The van der Waals surface area contributed by atoms with Crippen molar-refractivity contribution in [2.45, 2.75) is 32.0 Å². The van der Waals surface area contributed by atoms with Crippen molar-refractivity contribution in [3.05, 3.63) is 57.6 Å². The molecule has 226 valence electrons. The molecule has 2 aliphatic heterocycles. The molecule has 2 amide bonds. The summed E-state index contributed by atoms with van der Waals surface area (Å²) in [4.78, 5) is 36.1. The van der Waals surface area contributed by atoms with Crippen LogP contribution in [-0.2, 0) is 34.5 Å². The minimum Gasteiger partial charge on any atom is -0.384 e. The van der Waals surface area contributed by atoms with Crippen LogP contribution in [0.15, 0.2) is 30.6 Å². The van der Waals surface area contributed by atoms with Gasteiger partial charge in [-0.25, -0.2) is 8.96 Å². The van der Waals surface area contributed by atoms with E-state index in [1.807, 2.05) is 7.05 Å². The number of aromatic amines is 1. The highest BCUT2D eigenvalue weighted by Crippen LogP contribution is 2.28. The van der Waals surface area contributed by atoms with E-state index in [1.165, 1.54) is 28.0 Å². The Bertz CT molecular complexity index is 1800. The predicted molar refractivity (Wildman–Crippen MR) is 156 cm³/mol. The first-order valence-electron chi connectivity index (χ1n) is 13.5. The van der Waals surface area contributed by atoms with Crippen LogP contribution in [0.5, 0.6) is 0 Å². The number of thiazole rings is 1. The van der Waals surface area contributed by atoms with Crippen molar-refractivity contribution >= 4 is 50.0 Å². The van der Waals surface area contributed by atoms with Crippen LogP contribution in [0.1, 0.15) is 38.2 Å². The molecule has 0 radical (unpaired) electrons. The second kappa shape index (κ2) is 11.4. The molecule has 1 saturated heterocycles. The van der Waals surface area contributed by atoms with Crippen LogP contribution in [0, 0.1) is 5.41 Å². The van der Waals surface area contributed by atoms with E-state index in [2.05, 4.69) is 35.8 Å². The number of fused-ring (bicyclic) bond motifs is 2. The molecule has 1 fully saturated rings. The fourth-order valence-corrected chi connectivity index (χ4v) is 7.86. The Balaban J connectivity index is 1.25. The molecule has 0 spiro atoms. The van der Waals surface area contributed by atoms with Gasteiger partial charge in [-0.3, -0.25) is 15.0 Å². The lowest BCUT2D eigenvalue weighted by Crippen LogP contribution is -2.58. The maximum absolute atomic E-state index is 13.8. The lowest BCUT2D eigenvalue weighted by Gasteiger charge is -2.40. The number of carbonyl (C=O) groups is 2. The van der Waals surface area contributed by atoms with E-state index >= 15 is 0 Å². The highest BCUT2D eigenvalue weighted by Gasteiger charge is 2.39. The first-order chi connectivity index (χ1) is 20.6. The molecule has 43 heavy (non-hydrogen) atoms. The second-order valence-electron chi connectivity index (χ2n) is 10.5. The fraction of sp³-hybridized carbons (Fsp3) is 0.400. The molecule has 0 bridgehead atoms. The summed E-state index contributed by atoms with van der Waals surface area (Å²) >= 11 is 1.35. The quantitative estimate of drug-likeness (QED) is 0.145. The first-order valence-corrected chi connectivity index (χ1v) is 15.7. The summed E-state index contributed by atoms with van der Waals surface area (Å²) in [6, 6.07) is 4.27. The maximum Gasteiger partial charge on any atom is 0.307 e. The molecular formula is C25H30N12O4S2. The van der Waals surface area contributed by atoms with Gasteiger partial charge in [0, 0.05) is 79.2 Å². The van der Waals surface area contributed by atoms with Gasteiger partial charge in [0.05, 0.1) is 18.3 Å². The zero-order valence-corrected chi connectivity index (χ0v) is 24.9. The Labute approximate surface area is 250 Å². The number of hydrogen-bond acceptors (Lipinski definition) is 11. The number of piperazine rings is 1. The fourth-order valence-electron chi connectivity index (χ4n) is 5.29. The largest absolute Gasteiger partial charge is 0.384 e. The van der Waals surface area contributed by atoms with E-state index in [4.69, 9.17) is 11.1 Å². The van der Waals surface area contributed by atoms with Gasteiger partial charge in [0.2, 0.25) is 5.91 Å². The number of hydrogen-bond donors (Lipinski definition) is 4. The zero-order chi connectivity index (χ0) is 30.3. The SMILES string of the molecule is CN1CCc2nc(C(=O)N3CCN(S(=O)(=O)n4cc5ccc(C(=N)N)cc5c4)CC3CC(=O)NCc3nn[nH]n3)sc2C1. The third-order valence-corrected chi connectivity index (χ3v) is 10.4. The van der Waals surface area contributed by atoms with Crippen molar-refractivity contribution in [2.24, 2.45) is 5.73 Å². The molecule has 18 heteroatoms. The number of rotatable bonds is 8. The van der Waals surface area contributed by atoms with E-state index in [1.54, 1.807) is 23.1 Å². The minimum absolute atomic E-state index is 0.0307. The monoisotopic (exact) mass is 626 g/mol. The van der Waals surface area contributed by atoms with Crippen molar-refractivity contribution in [3.63, 3.8) is 0 Å². The molecule has 16 nitrogen and oxygen atoms in total. The van der Waals surface area contributed by atoms with Crippen molar-refractivity contribution in [1.29, 1.82) is 5.41 Å². The standard InChI is InChI=1S/C25H30N12O4S2/c1-34-5-4-19-20(14-34)42-24(29-19)25(39)37-7-6-35(13-18(37)9-22(38)28-10-21-30-32-33-31-21)43(40,41)36-11-16-3-2-15(23(26)27)8-17(16)12-36/h2-3,8,11-12,18H,4-7,9-10,13-14H2,1H3,(H3,26,27)(H,28,38)(H,30,31,32,33). The highest BCUT2D eigenvalue weighted by molar-refractivity contribution is 7.87. The molecule has 4 aromatic rings. The number of nitrogen functional groups attached to an aromatic ring is 1. The van der Waals surface area contributed by atoms with Crippen LogP contribution in [0.25, 0.3) is 10.8 Å². The topological polar surface area (TPSA) is 212 Å². The Kier molecular flexibility index (Phi) is 7.67. The summed E-state index contributed by atoms with van der Waals surface area (Å²) in [7, 11) is -2.03. The van der Waals surface area contributed by atoms with Gasteiger partial charge in [0.1, 0.15) is 5.84 Å². The Morgan fingerprint density at radius 2 is 2.02 bits per heavy atom. The third kappa shape index (κ3) is 5.85. The molecule has 6 rings (SSSR count). The van der Waals surface area contributed by atoms with E-state index in [0.717, 1.165) is 27.5 Å². The van der Waals surface area contributed by atoms with E-state index in [-0.39, 0.29) is 44.3 Å². The van der Waals surface area contributed by atoms with Gasteiger partial charge >= 0.3 is 10.2 Å². The predicted octanol–water partition coefficient (Wildman–Crippen LogP) is -0.491. The van der Waals surface area contributed by atoms with Crippen molar-refractivity contribution in [2.75, 3.05) is 33.2 Å². The third-order valence-electron chi connectivity index (χ3n) is 7.59. The van der Waals surface area contributed by atoms with Crippen LogP contribution < -0.4 is 11.1 Å². The van der Waals surface area contributed by atoms with Gasteiger partial charge < -0.3 is 20.9 Å². The van der Waals surface area contributed by atoms with Gasteiger partial charge in [0.25, 0.3) is 5.91 Å². The smallest absolute Gasteiger partial charge is 0.307 e. The van der Waals surface area contributed by atoms with Crippen LogP contribution in [-0.4, -0.2) is 109 Å². The summed E-state index contributed by atoms with van der Waals surface area (Å²) in [5, 5.41) is 25.4. The van der Waals surface area contributed by atoms with Crippen molar-refractivity contribution in [1.82, 2.24) is 49.0 Å².